The molecule has 0 saturated carbocycles. The number of carbonyl (C=O) groups is 1. The minimum atomic E-state index is -3.77. The van der Waals surface area contributed by atoms with Gasteiger partial charge in [0.2, 0.25) is 15.9 Å². The van der Waals surface area contributed by atoms with Gasteiger partial charge in [-0.1, -0.05) is 24.4 Å². The Hall–Kier alpha value is -2.94. The SMILES string of the molecule is CCn1cc(C#N)c(=O)n(CC(=O)Nc2cc(S(=O)(=O)N3CCCCCC3)ccc2Cl)c1=O. The van der Waals surface area contributed by atoms with Gasteiger partial charge >= 0.3 is 5.69 Å². The number of benzene rings is 1. The van der Waals surface area contributed by atoms with Crippen molar-refractivity contribution in [1.82, 2.24) is 13.4 Å². The molecule has 2 aromatic rings. The fourth-order valence-corrected chi connectivity index (χ4v) is 5.33. The van der Waals surface area contributed by atoms with Gasteiger partial charge in [0.15, 0.2) is 0 Å². The third kappa shape index (κ3) is 5.35. The number of rotatable bonds is 6. The number of aryl methyl sites for hydroxylation is 1. The Kier molecular flexibility index (Phi) is 7.73. The lowest BCUT2D eigenvalue weighted by molar-refractivity contribution is -0.116. The minimum absolute atomic E-state index is 0.0129. The van der Waals surface area contributed by atoms with E-state index in [1.165, 1.54) is 22.5 Å². The molecule has 0 bridgehead atoms. The molecule has 3 rings (SSSR count). The molecule has 12 heteroatoms. The number of aromatic nitrogens is 2. The second kappa shape index (κ2) is 10.3. The van der Waals surface area contributed by atoms with E-state index in [-0.39, 0.29) is 27.7 Å². The highest BCUT2D eigenvalue weighted by molar-refractivity contribution is 7.89. The number of halogens is 1. The molecule has 1 aromatic heterocycles. The molecule has 1 aromatic carbocycles. The molecule has 1 N–H and O–H groups in total. The standard InChI is InChI=1S/C21H24ClN5O5S/c1-2-25-13-15(12-23)20(29)27(21(25)30)14-19(28)24-18-11-16(7-8-17(18)22)33(31,32)26-9-5-3-4-6-10-26/h7-8,11,13H,2-6,9-10,14H2,1H3,(H,24,28). The second-order valence-electron chi connectivity index (χ2n) is 7.62. The van der Waals surface area contributed by atoms with Crippen molar-refractivity contribution in [3.05, 3.63) is 55.8 Å². The normalized spacial score (nSPS) is 14.9. The molecule has 2 heterocycles. The first-order valence-corrected chi connectivity index (χ1v) is 12.3. The average molecular weight is 494 g/mol. The van der Waals surface area contributed by atoms with E-state index in [0.29, 0.717) is 17.7 Å². The number of nitrogens with one attached hydrogen (secondary N) is 1. The highest BCUT2D eigenvalue weighted by Gasteiger charge is 2.26. The van der Waals surface area contributed by atoms with Crippen molar-refractivity contribution in [3.63, 3.8) is 0 Å². The van der Waals surface area contributed by atoms with Crippen LogP contribution in [0.1, 0.15) is 38.2 Å². The first kappa shape index (κ1) is 24.7. The van der Waals surface area contributed by atoms with Gasteiger partial charge in [-0.15, -0.1) is 0 Å². The summed E-state index contributed by atoms with van der Waals surface area (Å²) in [5.41, 5.74) is -1.85. The molecule has 0 atom stereocenters. The molecule has 1 aliphatic heterocycles. The summed E-state index contributed by atoms with van der Waals surface area (Å²) in [6.07, 6.45) is 4.65. The van der Waals surface area contributed by atoms with Crippen LogP contribution in [0.3, 0.4) is 0 Å². The van der Waals surface area contributed by atoms with Crippen LogP contribution in [0.15, 0.2) is 38.9 Å². The van der Waals surface area contributed by atoms with E-state index in [1.807, 2.05) is 0 Å². The third-order valence-electron chi connectivity index (χ3n) is 5.41. The maximum Gasteiger partial charge on any atom is 0.331 e. The van der Waals surface area contributed by atoms with Gasteiger partial charge in [-0.05, 0) is 38.0 Å². The minimum Gasteiger partial charge on any atom is -0.323 e. The zero-order valence-corrected chi connectivity index (χ0v) is 19.7. The molecule has 1 aliphatic rings. The quantitative estimate of drug-likeness (QED) is 0.651. The van der Waals surface area contributed by atoms with Crippen molar-refractivity contribution in [3.8, 4) is 6.07 Å². The summed E-state index contributed by atoms with van der Waals surface area (Å²) in [7, 11) is -3.77. The van der Waals surface area contributed by atoms with Crippen LogP contribution in [-0.4, -0.2) is 40.9 Å². The summed E-state index contributed by atoms with van der Waals surface area (Å²) in [5.74, 6) is -0.766. The highest BCUT2D eigenvalue weighted by Crippen LogP contribution is 2.28. The van der Waals surface area contributed by atoms with Gasteiger partial charge in [-0.25, -0.2) is 17.8 Å². The Labute approximate surface area is 196 Å². The number of hydrogen-bond donors (Lipinski definition) is 1. The van der Waals surface area contributed by atoms with Crippen molar-refractivity contribution >= 4 is 33.2 Å². The topological polar surface area (TPSA) is 134 Å². The zero-order chi connectivity index (χ0) is 24.2. The van der Waals surface area contributed by atoms with Gasteiger partial charge in [0.25, 0.3) is 5.56 Å². The van der Waals surface area contributed by atoms with E-state index in [1.54, 1.807) is 13.0 Å². The van der Waals surface area contributed by atoms with Crippen LogP contribution < -0.4 is 16.6 Å². The van der Waals surface area contributed by atoms with E-state index < -0.39 is 33.7 Å². The third-order valence-corrected chi connectivity index (χ3v) is 7.64. The Balaban J connectivity index is 1.88. The smallest absolute Gasteiger partial charge is 0.323 e. The summed E-state index contributed by atoms with van der Waals surface area (Å²) in [4.78, 5) is 37.4. The molecule has 1 fully saturated rings. The molecule has 1 saturated heterocycles. The Morgan fingerprint density at radius 3 is 2.45 bits per heavy atom. The highest BCUT2D eigenvalue weighted by atomic mass is 35.5. The van der Waals surface area contributed by atoms with Gasteiger partial charge < -0.3 is 5.32 Å². The van der Waals surface area contributed by atoms with E-state index >= 15 is 0 Å². The lowest BCUT2D eigenvalue weighted by Crippen LogP contribution is -2.43. The van der Waals surface area contributed by atoms with Crippen LogP contribution in [0.2, 0.25) is 5.02 Å². The number of sulfonamides is 1. The number of nitrogens with zero attached hydrogens (tertiary/aromatic N) is 4. The average Bonchev–Trinajstić information content (AvgIpc) is 3.08. The van der Waals surface area contributed by atoms with Gasteiger partial charge in [-0.2, -0.15) is 9.57 Å². The Bertz CT molecular complexity index is 1320. The molecule has 0 radical (unpaired) electrons. The summed E-state index contributed by atoms with van der Waals surface area (Å²) in [5, 5.41) is 11.7. The van der Waals surface area contributed by atoms with E-state index in [0.717, 1.165) is 36.4 Å². The molecular formula is C21H24ClN5O5S. The van der Waals surface area contributed by atoms with E-state index in [2.05, 4.69) is 5.32 Å². The van der Waals surface area contributed by atoms with Crippen LogP contribution >= 0.6 is 11.6 Å². The maximum absolute atomic E-state index is 13.1. The van der Waals surface area contributed by atoms with Crippen LogP contribution in [0.25, 0.3) is 0 Å². The number of amides is 1. The molecule has 0 spiro atoms. The number of anilines is 1. The van der Waals surface area contributed by atoms with Crippen molar-refractivity contribution in [1.29, 1.82) is 5.26 Å². The monoisotopic (exact) mass is 493 g/mol. The molecule has 0 aliphatic carbocycles. The van der Waals surface area contributed by atoms with Crippen molar-refractivity contribution in [2.24, 2.45) is 0 Å². The lowest BCUT2D eigenvalue weighted by atomic mass is 10.2. The first-order chi connectivity index (χ1) is 15.7. The van der Waals surface area contributed by atoms with E-state index in [9.17, 15) is 22.8 Å². The first-order valence-electron chi connectivity index (χ1n) is 10.5. The van der Waals surface area contributed by atoms with Crippen LogP contribution in [0.4, 0.5) is 5.69 Å². The summed E-state index contributed by atoms with van der Waals surface area (Å²) >= 11 is 6.16. The van der Waals surface area contributed by atoms with E-state index in [4.69, 9.17) is 16.9 Å². The van der Waals surface area contributed by atoms with Crippen molar-refractivity contribution in [2.45, 2.75) is 50.6 Å². The summed E-state index contributed by atoms with van der Waals surface area (Å²) < 4.78 is 29.4. The number of carbonyl (C=O) groups excluding carboxylic acids is 1. The molecule has 1 amide bonds. The lowest BCUT2D eigenvalue weighted by Gasteiger charge is -2.20. The largest absolute Gasteiger partial charge is 0.331 e. The molecule has 0 unspecified atom stereocenters. The maximum atomic E-state index is 13.1. The molecule has 10 nitrogen and oxygen atoms in total. The van der Waals surface area contributed by atoms with Crippen LogP contribution in [0, 0.1) is 11.3 Å². The fraction of sp³-hybridized carbons (Fsp3) is 0.429. The van der Waals surface area contributed by atoms with Crippen molar-refractivity contribution < 1.29 is 13.2 Å². The molecule has 176 valence electrons. The Morgan fingerprint density at radius 2 is 1.85 bits per heavy atom. The van der Waals surface area contributed by atoms with Crippen LogP contribution in [-0.2, 0) is 27.9 Å². The second-order valence-corrected chi connectivity index (χ2v) is 9.97. The Morgan fingerprint density at radius 1 is 1.18 bits per heavy atom. The van der Waals surface area contributed by atoms with Crippen LogP contribution in [0.5, 0.6) is 0 Å². The fourth-order valence-electron chi connectivity index (χ4n) is 3.62. The predicted molar refractivity (Wildman–Crippen MR) is 123 cm³/mol. The summed E-state index contributed by atoms with van der Waals surface area (Å²) in [6, 6.07) is 5.72. The zero-order valence-electron chi connectivity index (χ0n) is 18.1. The number of hydrogen-bond acceptors (Lipinski definition) is 6. The number of nitriles is 1. The van der Waals surface area contributed by atoms with Gasteiger partial charge in [0.05, 0.1) is 15.6 Å². The molecule has 33 heavy (non-hydrogen) atoms. The molecular weight excluding hydrogens is 470 g/mol. The van der Waals surface area contributed by atoms with Crippen molar-refractivity contribution in [2.75, 3.05) is 18.4 Å². The van der Waals surface area contributed by atoms with Gasteiger partial charge in [0.1, 0.15) is 18.2 Å². The summed E-state index contributed by atoms with van der Waals surface area (Å²) in [6.45, 7) is 2.06. The predicted octanol–water partition coefficient (Wildman–Crippen LogP) is 1.76. The van der Waals surface area contributed by atoms with Gasteiger partial charge in [0, 0.05) is 25.8 Å². The van der Waals surface area contributed by atoms with Gasteiger partial charge in [-0.3, -0.25) is 14.2 Å².